The molecule has 90 valence electrons. The van der Waals surface area contributed by atoms with Crippen LogP contribution in [-0.4, -0.2) is 22.7 Å². The highest BCUT2D eigenvalue weighted by molar-refractivity contribution is 5.09. The molecule has 0 fully saturated rings. The number of nitrogens with zero attached hydrogens (tertiary/aromatic N) is 2. The fourth-order valence-electron chi connectivity index (χ4n) is 1.35. The Morgan fingerprint density at radius 1 is 1.31 bits per heavy atom. The third-order valence-electron chi connectivity index (χ3n) is 2.06. The summed E-state index contributed by atoms with van der Waals surface area (Å²) >= 11 is 0. The molecule has 6 heteroatoms. The predicted molar refractivity (Wildman–Crippen MR) is 53.7 cm³/mol. The van der Waals surface area contributed by atoms with Crippen molar-refractivity contribution in [2.45, 2.75) is 32.0 Å². The minimum Gasteiger partial charge on any atom is -0.310 e. The zero-order valence-electron chi connectivity index (χ0n) is 8.96. The number of hydrogen-bond donors (Lipinski definition) is 1. The van der Waals surface area contributed by atoms with E-state index in [-0.39, 0.29) is 0 Å². The zero-order valence-corrected chi connectivity index (χ0v) is 8.96. The molecule has 0 amide bonds. The zero-order chi connectivity index (χ0) is 12.0. The quantitative estimate of drug-likeness (QED) is 0.849. The van der Waals surface area contributed by atoms with Crippen LogP contribution in [0.3, 0.4) is 0 Å². The fourth-order valence-corrected chi connectivity index (χ4v) is 1.35. The molecule has 0 aliphatic carbocycles. The first-order valence-electron chi connectivity index (χ1n) is 5.08. The van der Waals surface area contributed by atoms with Gasteiger partial charge in [0.25, 0.3) is 0 Å². The van der Waals surface area contributed by atoms with Crippen molar-refractivity contribution in [2.75, 3.05) is 6.54 Å². The van der Waals surface area contributed by atoms with Gasteiger partial charge in [-0.05, 0) is 13.0 Å². The van der Waals surface area contributed by atoms with E-state index in [1.165, 1.54) is 18.7 Å². The van der Waals surface area contributed by atoms with Crippen LogP contribution in [0.15, 0.2) is 18.7 Å². The maximum Gasteiger partial charge on any atom is 0.390 e. The maximum atomic E-state index is 12.3. The standard InChI is InChI=1S/C10H14F3N3/c1-2-3-16-9(4-10(11,12)13)8-5-14-7-15-6-8/h5-7,9,16H,2-4H2,1H3. The molecule has 1 atom stereocenters. The second-order valence-corrected chi connectivity index (χ2v) is 3.50. The Morgan fingerprint density at radius 2 is 1.94 bits per heavy atom. The first-order valence-corrected chi connectivity index (χ1v) is 5.08. The number of aromatic nitrogens is 2. The second kappa shape index (κ2) is 5.79. The summed E-state index contributed by atoms with van der Waals surface area (Å²) in [7, 11) is 0. The van der Waals surface area contributed by atoms with Gasteiger partial charge in [-0.2, -0.15) is 13.2 Å². The molecule has 0 spiro atoms. The van der Waals surface area contributed by atoms with Crippen LogP contribution in [0.4, 0.5) is 13.2 Å². The van der Waals surface area contributed by atoms with Crippen LogP contribution in [-0.2, 0) is 0 Å². The van der Waals surface area contributed by atoms with E-state index in [4.69, 9.17) is 0 Å². The summed E-state index contributed by atoms with van der Waals surface area (Å²) < 4.78 is 37.0. The van der Waals surface area contributed by atoms with Gasteiger partial charge in [0, 0.05) is 24.0 Å². The molecule has 0 radical (unpaired) electrons. The summed E-state index contributed by atoms with van der Waals surface area (Å²) in [6, 6.07) is -0.763. The van der Waals surface area contributed by atoms with E-state index < -0.39 is 18.6 Å². The van der Waals surface area contributed by atoms with Crippen molar-refractivity contribution in [2.24, 2.45) is 0 Å². The smallest absolute Gasteiger partial charge is 0.310 e. The van der Waals surface area contributed by atoms with Crippen LogP contribution in [0, 0.1) is 0 Å². The Bertz CT molecular complexity index is 300. The third kappa shape index (κ3) is 4.57. The van der Waals surface area contributed by atoms with Crippen LogP contribution in [0.25, 0.3) is 0 Å². The number of nitrogens with one attached hydrogen (secondary N) is 1. The van der Waals surface area contributed by atoms with Gasteiger partial charge < -0.3 is 5.32 Å². The van der Waals surface area contributed by atoms with Crippen molar-refractivity contribution < 1.29 is 13.2 Å². The highest BCUT2D eigenvalue weighted by atomic mass is 19.4. The summed E-state index contributed by atoms with van der Waals surface area (Å²) in [5, 5.41) is 2.84. The molecule has 0 aromatic carbocycles. The second-order valence-electron chi connectivity index (χ2n) is 3.50. The molecule has 0 saturated carbocycles. The van der Waals surface area contributed by atoms with E-state index in [0.717, 1.165) is 6.42 Å². The van der Waals surface area contributed by atoms with Crippen LogP contribution in [0.2, 0.25) is 0 Å². The van der Waals surface area contributed by atoms with Crippen molar-refractivity contribution >= 4 is 0 Å². The molecule has 0 bridgehead atoms. The molecule has 16 heavy (non-hydrogen) atoms. The van der Waals surface area contributed by atoms with Gasteiger partial charge in [-0.25, -0.2) is 9.97 Å². The lowest BCUT2D eigenvalue weighted by molar-refractivity contribution is -0.140. The highest BCUT2D eigenvalue weighted by Gasteiger charge is 2.32. The third-order valence-corrected chi connectivity index (χ3v) is 2.06. The molecule has 1 N–H and O–H groups in total. The van der Waals surface area contributed by atoms with Crippen molar-refractivity contribution in [3.05, 3.63) is 24.3 Å². The van der Waals surface area contributed by atoms with Gasteiger partial charge in [0.05, 0.1) is 6.42 Å². The Morgan fingerprint density at radius 3 is 2.44 bits per heavy atom. The lowest BCUT2D eigenvalue weighted by Crippen LogP contribution is -2.27. The Labute approximate surface area is 92.1 Å². The fraction of sp³-hybridized carbons (Fsp3) is 0.600. The van der Waals surface area contributed by atoms with Crippen LogP contribution < -0.4 is 5.32 Å². The summed E-state index contributed by atoms with van der Waals surface area (Å²) in [6.45, 7) is 2.44. The number of halogens is 3. The van der Waals surface area contributed by atoms with Crippen LogP contribution >= 0.6 is 0 Å². The molecular formula is C10H14F3N3. The summed E-state index contributed by atoms with van der Waals surface area (Å²) in [4.78, 5) is 7.45. The number of hydrogen-bond acceptors (Lipinski definition) is 3. The molecule has 1 rings (SSSR count). The minimum atomic E-state index is -4.19. The summed E-state index contributed by atoms with van der Waals surface area (Å²) in [5.74, 6) is 0. The van der Waals surface area contributed by atoms with E-state index in [0.29, 0.717) is 12.1 Å². The molecule has 0 aliphatic heterocycles. The average molecular weight is 233 g/mol. The highest BCUT2D eigenvalue weighted by Crippen LogP contribution is 2.28. The lowest BCUT2D eigenvalue weighted by Gasteiger charge is -2.19. The van der Waals surface area contributed by atoms with Crippen molar-refractivity contribution in [3.63, 3.8) is 0 Å². The average Bonchev–Trinajstić information content (AvgIpc) is 2.24. The largest absolute Gasteiger partial charge is 0.390 e. The van der Waals surface area contributed by atoms with Gasteiger partial charge in [-0.3, -0.25) is 0 Å². The Hall–Kier alpha value is -1.17. The summed E-state index contributed by atoms with van der Waals surface area (Å²) in [6.07, 6.45) is -0.199. The molecule has 0 saturated heterocycles. The van der Waals surface area contributed by atoms with Crippen molar-refractivity contribution in [1.29, 1.82) is 0 Å². The normalized spacial score (nSPS) is 13.8. The van der Waals surface area contributed by atoms with E-state index >= 15 is 0 Å². The molecule has 1 unspecified atom stereocenters. The van der Waals surface area contributed by atoms with E-state index in [9.17, 15) is 13.2 Å². The van der Waals surface area contributed by atoms with Gasteiger partial charge in [-0.15, -0.1) is 0 Å². The SMILES string of the molecule is CCCNC(CC(F)(F)F)c1cncnc1. The van der Waals surface area contributed by atoms with Gasteiger partial charge >= 0.3 is 6.18 Å². The molecule has 1 aromatic rings. The van der Waals surface area contributed by atoms with Gasteiger partial charge in [0.2, 0.25) is 0 Å². The molecule has 0 aliphatic rings. The first-order chi connectivity index (χ1) is 7.53. The molecule has 1 heterocycles. The van der Waals surface area contributed by atoms with Crippen molar-refractivity contribution in [1.82, 2.24) is 15.3 Å². The molecular weight excluding hydrogens is 219 g/mol. The Balaban J connectivity index is 2.71. The lowest BCUT2D eigenvalue weighted by atomic mass is 10.1. The van der Waals surface area contributed by atoms with Crippen LogP contribution in [0.1, 0.15) is 31.4 Å². The minimum absolute atomic E-state index is 0.466. The number of rotatable bonds is 5. The van der Waals surface area contributed by atoms with Gasteiger partial charge in [-0.1, -0.05) is 6.92 Å². The predicted octanol–water partition coefficient (Wildman–Crippen LogP) is 2.47. The van der Waals surface area contributed by atoms with E-state index in [2.05, 4.69) is 15.3 Å². The molecule has 3 nitrogen and oxygen atoms in total. The van der Waals surface area contributed by atoms with Crippen LogP contribution in [0.5, 0.6) is 0 Å². The monoisotopic (exact) mass is 233 g/mol. The topological polar surface area (TPSA) is 37.8 Å². The van der Waals surface area contributed by atoms with Gasteiger partial charge in [0.15, 0.2) is 0 Å². The van der Waals surface area contributed by atoms with E-state index in [1.54, 1.807) is 0 Å². The maximum absolute atomic E-state index is 12.3. The Kier molecular flexibility index (Phi) is 4.67. The molecule has 1 aromatic heterocycles. The first kappa shape index (κ1) is 12.9. The van der Waals surface area contributed by atoms with E-state index in [1.807, 2.05) is 6.92 Å². The summed E-state index contributed by atoms with van der Waals surface area (Å²) in [5.41, 5.74) is 0.466. The van der Waals surface area contributed by atoms with Gasteiger partial charge in [0.1, 0.15) is 6.33 Å². The van der Waals surface area contributed by atoms with Crippen molar-refractivity contribution in [3.8, 4) is 0 Å². The number of alkyl halides is 3.